The zero-order valence-corrected chi connectivity index (χ0v) is 45.5. The van der Waals surface area contributed by atoms with E-state index in [0.29, 0.717) is 106 Å². The summed E-state index contributed by atoms with van der Waals surface area (Å²) in [6.07, 6.45) is 16.3. The smallest absolute Gasteiger partial charge is 0.243 e. The molecule has 6 amide bonds. The van der Waals surface area contributed by atoms with Crippen LogP contribution in [-0.4, -0.2) is 123 Å². The number of amides is 6. The van der Waals surface area contributed by atoms with E-state index in [0.717, 1.165) is 86.4 Å². The number of guanidine groups is 1. The van der Waals surface area contributed by atoms with Gasteiger partial charge in [0, 0.05) is 67.4 Å². The number of aryl methyl sites for hydroxylation is 2. The largest absolute Gasteiger partial charge is 0.383 e. The number of nitrogens with two attached hydrogens (primary N) is 4. The van der Waals surface area contributed by atoms with Gasteiger partial charge in [0.2, 0.25) is 35.4 Å². The van der Waals surface area contributed by atoms with Crippen LogP contribution in [0.1, 0.15) is 156 Å². The van der Waals surface area contributed by atoms with Crippen LogP contribution in [-0.2, 0) is 41.7 Å². The number of H-pyrrole nitrogens is 1. The summed E-state index contributed by atoms with van der Waals surface area (Å²) in [4.78, 5) is 99.1. The number of nitrogens with zero attached hydrogens (tertiary/aromatic N) is 5. The molecule has 3 aliphatic carbocycles. The number of fused-ring (bicyclic) bond motifs is 2. The summed E-state index contributed by atoms with van der Waals surface area (Å²) in [5, 5.41) is 34.7. The zero-order valence-electron chi connectivity index (χ0n) is 45.5. The molecule has 2 heterocycles. The third-order valence-electron chi connectivity index (χ3n) is 15.4. The molecule has 0 aliphatic heterocycles. The van der Waals surface area contributed by atoms with E-state index in [2.05, 4.69) is 57.4 Å². The second-order valence-electron chi connectivity index (χ2n) is 21.5. The maximum atomic E-state index is 14.4. The highest BCUT2D eigenvalue weighted by Crippen LogP contribution is 2.40. The van der Waals surface area contributed by atoms with Gasteiger partial charge in [-0.3, -0.25) is 48.3 Å². The van der Waals surface area contributed by atoms with Crippen LogP contribution < -0.4 is 54.8 Å². The molecule has 79 heavy (non-hydrogen) atoms. The van der Waals surface area contributed by atoms with Gasteiger partial charge in [-0.1, -0.05) is 93.7 Å². The van der Waals surface area contributed by atoms with E-state index in [1.807, 2.05) is 36.4 Å². The number of primary amides is 1. The van der Waals surface area contributed by atoms with Crippen LogP contribution >= 0.6 is 0 Å². The van der Waals surface area contributed by atoms with Gasteiger partial charge in [-0.25, -0.2) is 0 Å². The van der Waals surface area contributed by atoms with Crippen molar-refractivity contribution < 1.29 is 33.6 Å². The number of aliphatic imine (C=N–C) groups is 1. The molecule has 4 aromatic rings. The lowest BCUT2D eigenvalue weighted by Gasteiger charge is -2.30. The number of rotatable bonds is 32. The van der Waals surface area contributed by atoms with Gasteiger partial charge in [0.1, 0.15) is 29.9 Å². The Balaban J connectivity index is 0.884. The highest BCUT2D eigenvalue weighted by Gasteiger charge is 2.34. The van der Waals surface area contributed by atoms with E-state index in [-0.39, 0.29) is 61.2 Å². The predicted octanol–water partition coefficient (Wildman–Crippen LogP) is 3.24. The van der Waals surface area contributed by atoms with Crippen molar-refractivity contribution in [3.05, 3.63) is 59.4 Å². The number of aromatic nitrogens is 5. The Bertz CT molecular complexity index is 2740. The van der Waals surface area contributed by atoms with Crippen LogP contribution in [0.25, 0.3) is 22.2 Å². The van der Waals surface area contributed by atoms with Crippen LogP contribution in [0, 0.1) is 11.8 Å². The van der Waals surface area contributed by atoms with Crippen molar-refractivity contribution in [1.82, 2.24) is 51.8 Å². The second-order valence-corrected chi connectivity index (χ2v) is 21.5. The van der Waals surface area contributed by atoms with Gasteiger partial charge < -0.3 is 54.8 Å². The number of nitrogens with one attached hydrogen (secondary N) is 7. The monoisotopic (exact) mass is 1090 g/mol. The van der Waals surface area contributed by atoms with Crippen molar-refractivity contribution in [1.29, 1.82) is 0 Å². The van der Waals surface area contributed by atoms with Gasteiger partial charge >= 0.3 is 0 Å². The Morgan fingerprint density at radius 1 is 0.696 bits per heavy atom. The van der Waals surface area contributed by atoms with Crippen molar-refractivity contribution in [2.24, 2.45) is 39.8 Å². The van der Waals surface area contributed by atoms with E-state index in [4.69, 9.17) is 22.9 Å². The third-order valence-corrected chi connectivity index (χ3v) is 15.4. The Labute approximate surface area is 461 Å². The fourth-order valence-electron chi connectivity index (χ4n) is 11.2. The number of anilines is 1. The molecule has 0 spiro atoms. The average molecular weight is 1090 g/mol. The summed E-state index contributed by atoms with van der Waals surface area (Å²) >= 11 is 0. The molecule has 7 rings (SSSR count). The minimum absolute atomic E-state index is 0.0714. The summed E-state index contributed by atoms with van der Waals surface area (Å²) in [6, 6.07) is 7.22. The molecule has 2 saturated carbocycles. The van der Waals surface area contributed by atoms with Crippen molar-refractivity contribution >= 4 is 63.8 Å². The van der Waals surface area contributed by atoms with E-state index in [1.165, 1.54) is 0 Å². The predicted molar refractivity (Wildman–Crippen MR) is 301 cm³/mol. The number of carbonyl (C=O) groups is 7. The van der Waals surface area contributed by atoms with Gasteiger partial charge in [-0.05, 0) is 94.7 Å². The number of hydrogen-bond acceptors (Lipinski definition) is 13. The molecule has 0 bridgehead atoms. The standard InChI is InChI=1S/C56H82N16O7/c57-27-8-7-21-42(52(58)76)65-55(79)45(33-36-16-5-2-6-17-36)67-53(77)43(24-12-28-63-56(59)60)66-54(78)44(32-35-14-3-1-4-15-35)64-47(74)26-13-31-72-34-37(68-71-72)18-9-25-46(73)62-30-29-61-40-22-10-19-38-49(40)51(75)39-20-11-23-41-48(39)50(38)70-69-41/h10-11,19-20,22-23,34-36,42-45,61H,1-9,12-18,21,24-33,57H2,(H2,58,76)(H,62,73)(H,64,74)(H,65,79)(H,66,78)(H,67,77)(H,69,70)(H4,59,60,63)/t42-,43+,44-,45-/m0/s1. The fraction of sp³-hybridized carbons (Fsp3) is 0.589. The highest BCUT2D eigenvalue weighted by atomic mass is 16.2. The van der Waals surface area contributed by atoms with Crippen LogP contribution in [0.2, 0.25) is 0 Å². The number of carbonyl (C=O) groups excluding carboxylic acids is 7. The summed E-state index contributed by atoms with van der Waals surface area (Å²) in [7, 11) is 0. The SMILES string of the molecule is NCCCC[C@H](NC(=O)[C@H](CC1CCCCC1)NC(=O)[C@@H](CCCN=C(N)N)NC(=O)[C@H](CC1CCCCC1)NC(=O)CCCn1cc(CCCC(=O)NCCNc2cccc3c2C(=O)c2cccc4[nH]nc-3c24)nn1)C(N)=O. The molecule has 15 N–H and O–H groups in total. The van der Waals surface area contributed by atoms with Gasteiger partial charge in [0.05, 0.1) is 16.8 Å². The molecule has 0 unspecified atom stereocenters. The van der Waals surface area contributed by atoms with Crippen LogP contribution in [0.5, 0.6) is 0 Å². The molecule has 2 fully saturated rings. The van der Waals surface area contributed by atoms with Crippen LogP contribution in [0.4, 0.5) is 5.69 Å². The minimum Gasteiger partial charge on any atom is -0.383 e. The molecule has 0 radical (unpaired) electrons. The van der Waals surface area contributed by atoms with E-state index in [9.17, 15) is 33.6 Å². The Kier molecular flexibility index (Phi) is 22.6. The maximum Gasteiger partial charge on any atom is 0.243 e. The van der Waals surface area contributed by atoms with Crippen LogP contribution in [0.3, 0.4) is 0 Å². The number of hydrogen-bond donors (Lipinski definition) is 11. The maximum absolute atomic E-state index is 14.4. The molecule has 23 heteroatoms. The van der Waals surface area contributed by atoms with E-state index in [1.54, 1.807) is 10.9 Å². The first kappa shape index (κ1) is 59.2. The summed E-state index contributed by atoms with van der Waals surface area (Å²) in [6.45, 7) is 1.79. The Hall–Kier alpha value is -7.43. The minimum atomic E-state index is -1.10. The number of ketones is 1. The van der Waals surface area contributed by atoms with E-state index >= 15 is 0 Å². The first-order chi connectivity index (χ1) is 38.3. The second kappa shape index (κ2) is 30.1. The molecule has 428 valence electrons. The lowest BCUT2D eigenvalue weighted by Crippen LogP contribution is -2.58. The normalized spacial score (nSPS) is 15.9. The lowest BCUT2D eigenvalue weighted by atomic mass is 9.84. The molecular weight excluding hydrogens is 1010 g/mol. The van der Waals surface area contributed by atoms with Crippen LogP contribution in [0.15, 0.2) is 47.6 Å². The molecule has 2 aromatic heterocycles. The lowest BCUT2D eigenvalue weighted by molar-refractivity contribution is -0.135. The number of unbranched alkanes of at least 4 members (excludes halogenated alkanes) is 1. The molecule has 2 aromatic carbocycles. The fourth-order valence-corrected chi connectivity index (χ4v) is 11.2. The van der Waals surface area contributed by atoms with Crippen molar-refractivity contribution in [2.45, 2.75) is 172 Å². The molecular formula is C56H82N16O7. The molecule has 3 aliphatic rings. The van der Waals surface area contributed by atoms with Crippen molar-refractivity contribution in [3.63, 3.8) is 0 Å². The summed E-state index contributed by atoms with van der Waals surface area (Å²) in [5.74, 6) is -2.54. The third kappa shape index (κ3) is 17.5. The van der Waals surface area contributed by atoms with Gasteiger partial charge in [0.15, 0.2) is 11.7 Å². The number of benzene rings is 2. The highest BCUT2D eigenvalue weighted by molar-refractivity contribution is 6.27. The molecule has 4 atom stereocenters. The number of aromatic amines is 1. The van der Waals surface area contributed by atoms with Crippen molar-refractivity contribution in [2.75, 3.05) is 31.5 Å². The first-order valence-electron chi connectivity index (χ1n) is 28.6. The van der Waals surface area contributed by atoms with Gasteiger partial charge in [-0.15, -0.1) is 5.10 Å². The van der Waals surface area contributed by atoms with E-state index < -0.39 is 47.8 Å². The van der Waals surface area contributed by atoms with Crippen molar-refractivity contribution in [3.8, 4) is 11.3 Å². The topological polar surface area (TPSA) is 367 Å². The first-order valence-corrected chi connectivity index (χ1v) is 28.6. The van der Waals surface area contributed by atoms with Gasteiger partial charge in [-0.2, -0.15) is 5.10 Å². The summed E-state index contributed by atoms with van der Waals surface area (Å²) in [5.41, 5.74) is 27.4. The Morgan fingerprint density at radius 3 is 2.03 bits per heavy atom. The molecule has 23 nitrogen and oxygen atoms in total. The average Bonchev–Trinajstić information content (AvgIpc) is 4.30. The quantitative estimate of drug-likeness (QED) is 0.0167. The summed E-state index contributed by atoms with van der Waals surface area (Å²) < 4.78 is 1.66. The molecule has 0 saturated heterocycles. The Morgan fingerprint density at radius 2 is 1.33 bits per heavy atom. The zero-order chi connectivity index (χ0) is 56.1. The van der Waals surface area contributed by atoms with Gasteiger partial charge in [0.25, 0.3) is 0 Å².